The molecule has 2 aromatic rings. The molecule has 2 amide bonds. The molecule has 1 saturated heterocycles. The number of hydrogen-bond donors (Lipinski definition) is 3. The minimum absolute atomic E-state index is 0.0694. The van der Waals surface area contributed by atoms with Crippen LogP contribution in [-0.4, -0.2) is 56.3 Å². The van der Waals surface area contributed by atoms with Crippen LogP contribution in [0.1, 0.15) is 50.5 Å². The molecule has 3 rings (SSSR count). The van der Waals surface area contributed by atoms with E-state index in [4.69, 9.17) is 4.74 Å². The predicted molar refractivity (Wildman–Crippen MR) is 132 cm³/mol. The Kier molecular flexibility index (Phi) is 14.1. The molecule has 35 heavy (non-hydrogen) atoms. The molecule has 0 saturated carbocycles. The summed E-state index contributed by atoms with van der Waals surface area (Å²) in [6.45, 7) is 7.37. The molecule has 2 heterocycles. The van der Waals surface area contributed by atoms with Crippen LogP contribution in [0.15, 0.2) is 36.5 Å². The lowest BCUT2D eigenvalue weighted by Gasteiger charge is -2.12. The highest BCUT2D eigenvalue weighted by atomic mass is 19.2. The van der Waals surface area contributed by atoms with Crippen LogP contribution in [0.5, 0.6) is 5.75 Å². The van der Waals surface area contributed by atoms with Crippen LogP contribution in [0.25, 0.3) is 0 Å². The predicted octanol–water partition coefficient (Wildman–Crippen LogP) is 3.93. The summed E-state index contributed by atoms with van der Waals surface area (Å²) in [5, 5.41) is 8.59. The Morgan fingerprint density at radius 1 is 1.17 bits per heavy atom. The summed E-state index contributed by atoms with van der Waals surface area (Å²) < 4.78 is 34.9. The number of nitrogens with one attached hydrogen (secondary N) is 3. The summed E-state index contributed by atoms with van der Waals surface area (Å²) in [6, 6.07) is 7.02. The minimum Gasteiger partial charge on any atom is -0.494 e. The fraction of sp³-hybridized carbons (Fsp3) is 0.480. The first-order chi connectivity index (χ1) is 16.8. The first-order valence-corrected chi connectivity index (χ1v) is 11.7. The lowest BCUT2D eigenvalue weighted by Crippen LogP contribution is -2.29. The fourth-order valence-electron chi connectivity index (χ4n) is 3.05. The number of methoxy groups -OCH3 is 1. The Labute approximate surface area is 205 Å². The van der Waals surface area contributed by atoms with Gasteiger partial charge >= 0.3 is 0 Å². The van der Waals surface area contributed by atoms with Crippen LogP contribution in [0.4, 0.5) is 14.5 Å². The van der Waals surface area contributed by atoms with Gasteiger partial charge in [-0.25, -0.2) is 4.39 Å². The molecule has 8 nitrogen and oxygen atoms in total. The Balaban J connectivity index is 0.000000425. The normalized spacial score (nSPS) is 16.2. The molecule has 1 aromatic carbocycles. The number of pyridine rings is 1. The summed E-state index contributed by atoms with van der Waals surface area (Å²) >= 11 is 0. The number of amides is 2. The van der Waals surface area contributed by atoms with E-state index in [1.807, 2.05) is 27.8 Å². The van der Waals surface area contributed by atoms with Crippen molar-refractivity contribution in [3.05, 3.63) is 53.9 Å². The van der Waals surface area contributed by atoms with Crippen LogP contribution >= 0.6 is 0 Å². The molecule has 1 aliphatic heterocycles. The summed E-state index contributed by atoms with van der Waals surface area (Å²) in [4.78, 5) is 28.2. The highest BCUT2D eigenvalue weighted by Crippen LogP contribution is 2.21. The number of carbonyl (C=O) groups is 2. The number of ether oxygens (including phenoxy) is 2. The molecule has 0 aliphatic carbocycles. The number of aromatic nitrogens is 1. The van der Waals surface area contributed by atoms with Crippen molar-refractivity contribution in [2.24, 2.45) is 0 Å². The second kappa shape index (κ2) is 16.5. The van der Waals surface area contributed by atoms with Gasteiger partial charge in [-0.1, -0.05) is 19.9 Å². The maximum atomic E-state index is 12.5. The second-order valence-electron chi connectivity index (χ2n) is 7.40. The summed E-state index contributed by atoms with van der Waals surface area (Å²) in [6.07, 6.45) is 3.65. The van der Waals surface area contributed by atoms with E-state index in [1.165, 1.54) is 25.4 Å². The van der Waals surface area contributed by atoms with E-state index in [2.05, 4.69) is 25.7 Å². The molecule has 0 spiro atoms. The third kappa shape index (κ3) is 10.4. The van der Waals surface area contributed by atoms with Crippen LogP contribution in [0, 0.1) is 11.6 Å². The van der Waals surface area contributed by atoms with Crippen molar-refractivity contribution in [3.8, 4) is 5.75 Å². The van der Waals surface area contributed by atoms with Crippen molar-refractivity contribution >= 4 is 17.5 Å². The molecule has 1 aromatic heterocycles. The number of nitrogens with zero attached hydrogens (tertiary/aromatic N) is 1. The van der Waals surface area contributed by atoms with Gasteiger partial charge in [-0.15, -0.1) is 0 Å². The van der Waals surface area contributed by atoms with Crippen LogP contribution in [0.3, 0.4) is 0 Å². The van der Waals surface area contributed by atoms with Gasteiger partial charge in [0.2, 0.25) is 5.82 Å². The van der Waals surface area contributed by atoms with Crippen molar-refractivity contribution in [2.45, 2.75) is 52.2 Å². The smallest absolute Gasteiger partial charge is 0.269 e. The first-order valence-electron chi connectivity index (χ1n) is 11.7. The second-order valence-corrected chi connectivity index (χ2v) is 7.40. The van der Waals surface area contributed by atoms with Crippen molar-refractivity contribution in [3.63, 3.8) is 0 Å². The molecule has 0 radical (unpaired) electrons. The van der Waals surface area contributed by atoms with Gasteiger partial charge in [0.15, 0.2) is 11.6 Å². The van der Waals surface area contributed by atoms with Crippen molar-refractivity contribution in [1.29, 1.82) is 0 Å². The zero-order valence-corrected chi connectivity index (χ0v) is 21.0. The molecule has 3 N–H and O–H groups in total. The molecule has 2 atom stereocenters. The van der Waals surface area contributed by atoms with Gasteiger partial charge in [-0.2, -0.15) is 4.39 Å². The number of carbonyl (C=O) groups excluding carboxylic acids is 2. The van der Waals surface area contributed by atoms with E-state index >= 15 is 0 Å². The highest BCUT2D eigenvalue weighted by molar-refractivity contribution is 5.97. The van der Waals surface area contributed by atoms with E-state index in [1.54, 1.807) is 12.1 Å². The maximum Gasteiger partial charge on any atom is 0.269 e. The third-order valence-electron chi connectivity index (χ3n) is 4.81. The van der Waals surface area contributed by atoms with E-state index in [-0.39, 0.29) is 29.4 Å². The van der Waals surface area contributed by atoms with Gasteiger partial charge in [-0.3, -0.25) is 14.6 Å². The number of hydrogen-bond acceptors (Lipinski definition) is 6. The zero-order valence-electron chi connectivity index (χ0n) is 21.0. The summed E-state index contributed by atoms with van der Waals surface area (Å²) in [5.41, 5.74) is 0.835. The highest BCUT2D eigenvalue weighted by Gasteiger charge is 2.28. The Hall–Kier alpha value is -3.11. The summed E-state index contributed by atoms with van der Waals surface area (Å²) in [5.74, 6) is -2.33. The van der Waals surface area contributed by atoms with Crippen LogP contribution in [0.2, 0.25) is 0 Å². The Bertz CT molecular complexity index is 930. The molecular formula is C25H36F2N4O4. The standard InChI is InChI=1S/C16H24N4O3.C7H6F2O.C2H6/c1-11-4-5-14(23-11)16(22)20-12-6-9-18-13(10-12)15(21)19-8-3-7-17-2;1-10-6-4-2-3-5(8)7(6)9;1-2/h6,9-11,14,17H,3-5,7-8H2,1-2H3,(H,19,21)(H,18,20,22);2-4H,1H3;1-2H3. The van der Waals surface area contributed by atoms with Crippen LogP contribution in [-0.2, 0) is 9.53 Å². The van der Waals surface area contributed by atoms with Gasteiger partial charge < -0.3 is 25.4 Å². The monoisotopic (exact) mass is 494 g/mol. The van der Waals surface area contributed by atoms with Gasteiger partial charge in [0.25, 0.3) is 11.8 Å². The largest absolute Gasteiger partial charge is 0.494 e. The van der Waals surface area contributed by atoms with E-state index in [9.17, 15) is 18.4 Å². The number of halogens is 2. The van der Waals surface area contributed by atoms with Gasteiger partial charge in [0.05, 0.1) is 13.2 Å². The van der Waals surface area contributed by atoms with E-state index in [0.717, 1.165) is 31.9 Å². The van der Waals surface area contributed by atoms with Gasteiger partial charge in [-0.05, 0) is 64.0 Å². The average molecular weight is 495 g/mol. The molecule has 2 unspecified atom stereocenters. The topological polar surface area (TPSA) is 102 Å². The fourth-order valence-corrected chi connectivity index (χ4v) is 3.05. The molecule has 10 heteroatoms. The first kappa shape index (κ1) is 29.9. The molecule has 194 valence electrons. The average Bonchev–Trinajstić information content (AvgIpc) is 3.32. The molecular weight excluding hydrogens is 458 g/mol. The lowest BCUT2D eigenvalue weighted by molar-refractivity contribution is -0.126. The SMILES string of the molecule is CC.CNCCCNC(=O)c1cc(NC(=O)C2CCC(C)O2)ccn1.COc1cccc(F)c1F. The van der Waals surface area contributed by atoms with Gasteiger partial charge in [0.1, 0.15) is 11.8 Å². The van der Waals surface area contributed by atoms with E-state index in [0.29, 0.717) is 12.2 Å². The molecule has 1 aliphatic rings. The lowest BCUT2D eigenvalue weighted by atomic mass is 10.2. The number of rotatable bonds is 8. The Morgan fingerprint density at radius 3 is 2.51 bits per heavy atom. The van der Waals surface area contributed by atoms with Crippen molar-refractivity contribution in [2.75, 3.05) is 32.6 Å². The summed E-state index contributed by atoms with van der Waals surface area (Å²) in [7, 11) is 3.15. The minimum atomic E-state index is -0.940. The van der Waals surface area contributed by atoms with Crippen molar-refractivity contribution < 1.29 is 27.8 Å². The van der Waals surface area contributed by atoms with Gasteiger partial charge in [0, 0.05) is 18.4 Å². The molecule has 1 fully saturated rings. The third-order valence-corrected chi connectivity index (χ3v) is 4.81. The quantitative estimate of drug-likeness (QED) is 0.481. The molecule has 0 bridgehead atoms. The number of anilines is 1. The maximum absolute atomic E-state index is 12.5. The zero-order chi connectivity index (χ0) is 26.2. The van der Waals surface area contributed by atoms with Crippen LogP contribution < -0.4 is 20.7 Å². The van der Waals surface area contributed by atoms with E-state index < -0.39 is 17.7 Å². The van der Waals surface area contributed by atoms with Crippen molar-refractivity contribution in [1.82, 2.24) is 15.6 Å². The number of benzene rings is 1. The Morgan fingerprint density at radius 2 is 1.91 bits per heavy atom.